The molecule has 1 atom stereocenters. The predicted octanol–water partition coefficient (Wildman–Crippen LogP) is 0.712. The number of rotatable bonds is 4. The Labute approximate surface area is 138 Å². The smallest absolute Gasteiger partial charge is 0.132 e. The maximum Gasteiger partial charge on any atom is 0.132 e. The van der Waals surface area contributed by atoms with Crippen molar-refractivity contribution in [2.45, 2.75) is 51.2 Å². The SMILES string of the molecule is Cc1nc(CCN)cc(N2CCC(N3CCC[C@@H](O)C3)CC2)n1. The molecule has 0 radical (unpaired) electrons. The van der Waals surface area contributed by atoms with Crippen LogP contribution in [0.4, 0.5) is 5.82 Å². The molecule has 1 aromatic rings. The maximum atomic E-state index is 9.87. The number of aliphatic hydroxyl groups is 1. The van der Waals surface area contributed by atoms with Gasteiger partial charge in [0, 0.05) is 43.9 Å². The Bertz CT molecular complexity index is 516. The van der Waals surface area contributed by atoms with Crippen molar-refractivity contribution in [3.8, 4) is 0 Å². The lowest BCUT2D eigenvalue weighted by atomic mass is 9.99. The lowest BCUT2D eigenvalue weighted by Crippen LogP contribution is -2.49. The van der Waals surface area contributed by atoms with Crippen molar-refractivity contribution < 1.29 is 5.11 Å². The molecule has 6 nitrogen and oxygen atoms in total. The average molecular weight is 319 g/mol. The van der Waals surface area contributed by atoms with Gasteiger partial charge in [-0.25, -0.2) is 9.97 Å². The number of piperidine rings is 2. The van der Waals surface area contributed by atoms with E-state index in [9.17, 15) is 5.11 Å². The first-order chi connectivity index (χ1) is 11.2. The van der Waals surface area contributed by atoms with E-state index in [0.29, 0.717) is 12.6 Å². The normalized spacial score (nSPS) is 24.1. The van der Waals surface area contributed by atoms with Crippen LogP contribution in [0, 0.1) is 6.92 Å². The molecule has 2 fully saturated rings. The van der Waals surface area contributed by atoms with Gasteiger partial charge in [-0.05, 0) is 45.7 Å². The van der Waals surface area contributed by atoms with Crippen LogP contribution in [0.1, 0.15) is 37.2 Å². The van der Waals surface area contributed by atoms with Crippen molar-refractivity contribution >= 4 is 5.82 Å². The molecular weight excluding hydrogens is 290 g/mol. The molecule has 0 saturated carbocycles. The van der Waals surface area contributed by atoms with Crippen molar-refractivity contribution in [1.82, 2.24) is 14.9 Å². The van der Waals surface area contributed by atoms with Crippen LogP contribution in [0.15, 0.2) is 6.07 Å². The first kappa shape index (κ1) is 16.6. The third kappa shape index (κ3) is 4.19. The van der Waals surface area contributed by atoms with Gasteiger partial charge in [0.2, 0.25) is 0 Å². The quantitative estimate of drug-likeness (QED) is 0.851. The van der Waals surface area contributed by atoms with E-state index in [-0.39, 0.29) is 6.10 Å². The number of nitrogens with two attached hydrogens (primary N) is 1. The predicted molar refractivity (Wildman–Crippen MR) is 91.6 cm³/mol. The molecule has 0 unspecified atom stereocenters. The van der Waals surface area contributed by atoms with Gasteiger partial charge >= 0.3 is 0 Å². The molecule has 2 saturated heterocycles. The number of hydrogen-bond acceptors (Lipinski definition) is 6. The molecule has 3 N–H and O–H groups in total. The van der Waals surface area contributed by atoms with Crippen LogP contribution in [0.2, 0.25) is 0 Å². The van der Waals surface area contributed by atoms with E-state index in [1.54, 1.807) is 0 Å². The molecular formula is C17H29N5O. The number of aromatic nitrogens is 2. The Hall–Kier alpha value is -1.24. The van der Waals surface area contributed by atoms with Gasteiger partial charge in [0.1, 0.15) is 11.6 Å². The Morgan fingerprint density at radius 2 is 2.00 bits per heavy atom. The number of anilines is 1. The number of nitrogens with zero attached hydrogens (tertiary/aromatic N) is 4. The van der Waals surface area contributed by atoms with Gasteiger partial charge in [-0.1, -0.05) is 0 Å². The molecule has 6 heteroatoms. The van der Waals surface area contributed by atoms with Crippen molar-refractivity contribution in [3.63, 3.8) is 0 Å². The summed E-state index contributed by atoms with van der Waals surface area (Å²) in [4.78, 5) is 13.9. The molecule has 128 valence electrons. The number of aryl methyl sites for hydroxylation is 1. The molecule has 3 heterocycles. The number of aliphatic hydroxyl groups excluding tert-OH is 1. The number of β-amino-alcohol motifs (C(OH)–C–C–N with tert-alkyl or cyclic N) is 1. The number of likely N-dealkylation sites (tertiary alicyclic amines) is 1. The van der Waals surface area contributed by atoms with E-state index in [1.807, 2.05) is 6.92 Å². The van der Waals surface area contributed by atoms with Crippen LogP contribution in [0.3, 0.4) is 0 Å². The summed E-state index contributed by atoms with van der Waals surface area (Å²) in [6.45, 7) is 6.60. The summed E-state index contributed by atoms with van der Waals surface area (Å²) in [7, 11) is 0. The van der Waals surface area contributed by atoms with Gasteiger partial charge in [-0.2, -0.15) is 0 Å². The summed E-state index contributed by atoms with van der Waals surface area (Å²) >= 11 is 0. The molecule has 0 spiro atoms. The van der Waals surface area contributed by atoms with Gasteiger partial charge in [0.15, 0.2) is 0 Å². The standard InChI is InChI=1S/C17H29N5O/c1-13-19-14(4-7-18)11-17(20-13)21-9-5-15(6-10-21)22-8-2-3-16(23)12-22/h11,15-16,23H,2-10,12,18H2,1H3/t16-/m1/s1. The zero-order chi connectivity index (χ0) is 16.2. The molecule has 0 aromatic carbocycles. The zero-order valence-corrected chi connectivity index (χ0v) is 14.1. The molecule has 23 heavy (non-hydrogen) atoms. The highest BCUT2D eigenvalue weighted by Gasteiger charge is 2.28. The minimum atomic E-state index is -0.134. The van der Waals surface area contributed by atoms with Gasteiger partial charge in [0.05, 0.1) is 6.10 Å². The second-order valence-corrected chi connectivity index (χ2v) is 6.81. The highest BCUT2D eigenvalue weighted by Crippen LogP contribution is 2.24. The van der Waals surface area contributed by atoms with Crippen molar-refractivity contribution in [2.24, 2.45) is 5.73 Å². The fourth-order valence-electron chi connectivity index (χ4n) is 3.83. The van der Waals surface area contributed by atoms with Crippen molar-refractivity contribution in [3.05, 3.63) is 17.6 Å². The third-order valence-electron chi connectivity index (χ3n) is 5.01. The van der Waals surface area contributed by atoms with E-state index >= 15 is 0 Å². The third-order valence-corrected chi connectivity index (χ3v) is 5.01. The average Bonchev–Trinajstić information content (AvgIpc) is 2.55. The lowest BCUT2D eigenvalue weighted by Gasteiger charge is -2.41. The van der Waals surface area contributed by atoms with Crippen molar-refractivity contribution in [2.75, 3.05) is 37.6 Å². The lowest BCUT2D eigenvalue weighted by molar-refractivity contribution is 0.0398. The molecule has 2 aliphatic heterocycles. The van der Waals surface area contributed by atoms with Crippen molar-refractivity contribution in [1.29, 1.82) is 0 Å². The summed E-state index contributed by atoms with van der Waals surface area (Å²) in [6, 6.07) is 2.69. The largest absolute Gasteiger partial charge is 0.392 e. The fraction of sp³-hybridized carbons (Fsp3) is 0.765. The summed E-state index contributed by atoms with van der Waals surface area (Å²) in [6.07, 6.45) is 5.03. The second kappa shape index (κ2) is 7.55. The Morgan fingerprint density at radius 3 is 2.70 bits per heavy atom. The van der Waals surface area contributed by atoms with Crippen LogP contribution in [0.25, 0.3) is 0 Å². The van der Waals surface area contributed by atoms with E-state index in [2.05, 4.69) is 25.8 Å². The summed E-state index contributed by atoms with van der Waals surface area (Å²) in [5, 5.41) is 9.87. The van der Waals surface area contributed by atoms with Crippen LogP contribution in [-0.2, 0) is 6.42 Å². The molecule has 0 aliphatic carbocycles. The summed E-state index contributed by atoms with van der Waals surface area (Å²) < 4.78 is 0. The van der Waals surface area contributed by atoms with Gasteiger partial charge in [-0.3, -0.25) is 4.90 Å². The van der Waals surface area contributed by atoms with E-state index in [4.69, 9.17) is 5.73 Å². The fourth-order valence-corrected chi connectivity index (χ4v) is 3.83. The first-order valence-corrected chi connectivity index (χ1v) is 8.87. The molecule has 1 aromatic heterocycles. The topological polar surface area (TPSA) is 78.5 Å². The summed E-state index contributed by atoms with van der Waals surface area (Å²) in [5.41, 5.74) is 6.69. The summed E-state index contributed by atoms with van der Waals surface area (Å²) in [5.74, 6) is 1.87. The second-order valence-electron chi connectivity index (χ2n) is 6.81. The van der Waals surface area contributed by atoms with E-state index < -0.39 is 0 Å². The molecule has 0 amide bonds. The zero-order valence-electron chi connectivity index (χ0n) is 14.1. The maximum absolute atomic E-state index is 9.87. The minimum Gasteiger partial charge on any atom is -0.392 e. The highest BCUT2D eigenvalue weighted by molar-refractivity contribution is 5.40. The Morgan fingerprint density at radius 1 is 1.22 bits per heavy atom. The van der Waals surface area contributed by atoms with Crippen LogP contribution in [-0.4, -0.2) is 64.8 Å². The van der Waals surface area contributed by atoms with E-state index in [1.165, 1.54) is 0 Å². The Balaban J connectivity index is 1.60. The molecule has 2 aliphatic rings. The van der Waals surface area contributed by atoms with E-state index in [0.717, 1.165) is 75.6 Å². The Kier molecular flexibility index (Phi) is 5.46. The van der Waals surface area contributed by atoms with Gasteiger partial charge in [0.25, 0.3) is 0 Å². The first-order valence-electron chi connectivity index (χ1n) is 8.87. The van der Waals surface area contributed by atoms with Crippen LogP contribution < -0.4 is 10.6 Å². The minimum absolute atomic E-state index is 0.134. The van der Waals surface area contributed by atoms with Crippen LogP contribution >= 0.6 is 0 Å². The van der Waals surface area contributed by atoms with Gasteiger partial charge < -0.3 is 15.7 Å². The van der Waals surface area contributed by atoms with Gasteiger partial charge in [-0.15, -0.1) is 0 Å². The monoisotopic (exact) mass is 319 g/mol. The molecule has 0 bridgehead atoms. The number of hydrogen-bond donors (Lipinski definition) is 2. The van der Waals surface area contributed by atoms with Crippen LogP contribution in [0.5, 0.6) is 0 Å². The highest BCUT2D eigenvalue weighted by atomic mass is 16.3. The molecule has 3 rings (SSSR count).